The minimum atomic E-state index is -1.27. The van der Waals surface area contributed by atoms with Gasteiger partial charge in [0.15, 0.2) is 5.60 Å². The van der Waals surface area contributed by atoms with Crippen molar-refractivity contribution in [2.24, 2.45) is 11.7 Å². The molecule has 8 heteroatoms. The van der Waals surface area contributed by atoms with Crippen molar-refractivity contribution in [1.29, 1.82) is 0 Å². The first kappa shape index (κ1) is 19.8. The van der Waals surface area contributed by atoms with Gasteiger partial charge in [0.25, 0.3) is 5.91 Å². The first-order valence-corrected chi connectivity index (χ1v) is 10.8. The molecule has 0 aromatic heterocycles. The smallest absolute Gasteiger partial charge is 0.326 e. The average molecular weight is 451 g/mol. The number of fused-ring (bicyclic) bond motifs is 2. The molecule has 2 aromatic carbocycles. The molecule has 4 aliphatic rings. The fraction of sp³-hybridized carbons (Fsp3) is 0.333. The molecular formula is C24H19ClN2O5. The summed E-state index contributed by atoms with van der Waals surface area (Å²) >= 11 is 5.90. The number of nitrogens with zero attached hydrogens (tertiary/aromatic N) is 1. The van der Waals surface area contributed by atoms with Gasteiger partial charge in [-0.1, -0.05) is 35.6 Å². The maximum absolute atomic E-state index is 12.6. The van der Waals surface area contributed by atoms with E-state index in [1.807, 2.05) is 36.4 Å². The number of esters is 1. The van der Waals surface area contributed by atoms with Crippen LogP contribution in [0.3, 0.4) is 0 Å². The largest absolute Gasteiger partial charge is 0.458 e. The lowest BCUT2D eigenvalue weighted by molar-refractivity contribution is -0.227. The van der Waals surface area contributed by atoms with Gasteiger partial charge in [-0.2, -0.15) is 5.06 Å². The fourth-order valence-corrected chi connectivity index (χ4v) is 5.22. The van der Waals surface area contributed by atoms with Gasteiger partial charge in [0.2, 0.25) is 0 Å². The Bertz CT molecular complexity index is 1170. The zero-order valence-electron chi connectivity index (χ0n) is 16.9. The van der Waals surface area contributed by atoms with Crippen LogP contribution >= 0.6 is 11.6 Å². The normalized spacial score (nSPS) is 34.2. The summed E-state index contributed by atoms with van der Waals surface area (Å²) in [7, 11) is 0. The number of nitrogens with two attached hydrogens (primary N) is 1. The zero-order valence-corrected chi connectivity index (χ0v) is 17.6. The number of carbonyl (C=O) groups is 2. The number of benzene rings is 2. The number of ether oxygens (including phenoxy) is 2. The van der Waals surface area contributed by atoms with Gasteiger partial charge >= 0.3 is 5.97 Å². The highest BCUT2D eigenvalue weighted by Gasteiger charge is 2.76. The van der Waals surface area contributed by atoms with E-state index >= 15 is 0 Å². The predicted octanol–water partition coefficient (Wildman–Crippen LogP) is 1.79. The number of hydroxylamine groups is 2. The second-order valence-electron chi connectivity index (χ2n) is 8.59. The number of amides is 1. The van der Waals surface area contributed by atoms with Crippen LogP contribution in [-0.2, 0) is 30.4 Å². The molecule has 162 valence electrons. The van der Waals surface area contributed by atoms with Gasteiger partial charge in [0, 0.05) is 22.6 Å². The molecule has 0 radical (unpaired) electrons. The summed E-state index contributed by atoms with van der Waals surface area (Å²) in [5, 5.41) is 2.22. The molecular weight excluding hydrogens is 432 g/mol. The van der Waals surface area contributed by atoms with Crippen molar-refractivity contribution in [2.45, 2.75) is 42.9 Å². The lowest BCUT2D eigenvalue weighted by atomic mass is 9.72. The Morgan fingerprint density at radius 2 is 1.75 bits per heavy atom. The van der Waals surface area contributed by atoms with Crippen molar-refractivity contribution in [1.82, 2.24) is 5.06 Å². The molecule has 4 fully saturated rings. The molecule has 0 spiro atoms. The molecule has 3 aliphatic heterocycles. The third kappa shape index (κ3) is 3.03. The van der Waals surface area contributed by atoms with Gasteiger partial charge in [-0.3, -0.25) is 14.4 Å². The molecule has 3 heterocycles. The molecule has 0 bridgehead atoms. The van der Waals surface area contributed by atoms with E-state index in [0.29, 0.717) is 18.0 Å². The van der Waals surface area contributed by atoms with Crippen molar-refractivity contribution in [2.75, 3.05) is 0 Å². The van der Waals surface area contributed by atoms with Crippen LogP contribution in [-0.4, -0.2) is 46.9 Å². The monoisotopic (exact) mass is 450 g/mol. The van der Waals surface area contributed by atoms with Crippen LogP contribution in [0.2, 0.25) is 5.02 Å². The molecule has 7 nitrogen and oxygen atoms in total. The SMILES string of the molecule is NC(=O)[C@]12CC3OC3C3OC(=O)C(C31)N(Cc1ccc(C#Cc3ccc(Cl)cc3)cc1)O2. The molecule has 1 aliphatic carbocycles. The van der Waals surface area contributed by atoms with Gasteiger partial charge in [-0.25, -0.2) is 0 Å². The summed E-state index contributed by atoms with van der Waals surface area (Å²) < 4.78 is 11.2. The van der Waals surface area contributed by atoms with Crippen LogP contribution in [0.25, 0.3) is 0 Å². The third-order valence-electron chi connectivity index (χ3n) is 6.67. The Hall–Kier alpha value is -2.89. The minimum absolute atomic E-state index is 0.159. The Morgan fingerprint density at radius 3 is 2.41 bits per heavy atom. The number of rotatable bonds is 3. The second kappa shape index (κ2) is 7.06. The lowest BCUT2D eigenvalue weighted by Gasteiger charge is -2.34. The zero-order chi connectivity index (χ0) is 22.0. The highest BCUT2D eigenvalue weighted by Crippen LogP contribution is 2.57. The van der Waals surface area contributed by atoms with Crippen molar-refractivity contribution >= 4 is 23.5 Å². The summed E-state index contributed by atoms with van der Waals surface area (Å²) in [6.45, 7) is 0.319. The van der Waals surface area contributed by atoms with Gasteiger partial charge in [-0.05, 0) is 42.0 Å². The van der Waals surface area contributed by atoms with E-state index < -0.39 is 35.5 Å². The van der Waals surface area contributed by atoms with Crippen LogP contribution in [0.15, 0.2) is 48.5 Å². The number of primary amides is 1. The highest BCUT2D eigenvalue weighted by molar-refractivity contribution is 6.30. The fourth-order valence-electron chi connectivity index (χ4n) is 5.09. The van der Waals surface area contributed by atoms with E-state index in [0.717, 1.165) is 16.7 Å². The topological polar surface area (TPSA) is 94.4 Å². The Labute approximate surface area is 189 Å². The number of epoxide rings is 1. The second-order valence-corrected chi connectivity index (χ2v) is 9.03. The van der Waals surface area contributed by atoms with Crippen molar-refractivity contribution in [3.05, 3.63) is 70.2 Å². The highest BCUT2D eigenvalue weighted by atomic mass is 35.5. The number of hydrogen-bond donors (Lipinski definition) is 1. The third-order valence-corrected chi connectivity index (χ3v) is 6.92. The standard InChI is InChI=1S/C24H19ClN2O5/c25-16-9-7-14(8-10-16)2-1-13-3-5-15(6-4-13)12-27-19-18-21(31-22(19)28)20-17(30-20)11-24(18,32-27)23(26)29/h3-10,17-21H,11-12H2,(H2,26,29)/t17?,18?,19?,20?,21?,24-/m0/s1. The van der Waals surface area contributed by atoms with E-state index in [2.05, 4.69) is 11.8 Å². The Kier molecular flexibility index (Phi) is 4.36. The molecule has 6 rings (SSSR count). The molecule has 3 saturated heterocycles. The molecule has 32 heavy (non-hydrogen) atoms. The minimum Gasteiger partial charge on any atom is -0.458 e. The molecule has 1 saturated carbocycles. The van der Waals surface area contributed by atoms with Crippen molar-refractivity contribution in [3.63, 3.8) is 0 Å². The van der Waals surface area contributed by atoms with E-state index in [1.165, 1.54) is 0 Å². The van der Waals surface area contributed by atoms with E-state index in [9.17, 15) is 9.59 Å². The quantitative estimate of drug-likeness (QED) is 0.435. The van der Waals surface area contributed by atoms with Crippen molar-refractivity contribution in [3.8, 4) is 11.8 Å². The van der Waals surface area contributed by atoms with Crippen molar-refractivity contribution < 1.29 is 23.9 Å². The number of carbonyl (C=O) groups excluding carboxylic acids is 2. The van der Waals surface area contributed by atoms with Crippen LogP contribution < -0.4 is 5.73 Å². The van der Waals surface area contributed by atoms with Crippen LogP contribution in [0.1, 0.15) is 23.1 Å². The van der Waals surface area contributed by atoms with Gasteiger partial charge in [0.1, 0.15) is 18.2 Å². The predicted molar refractivity (Wildman–Crippen MR) is 113 cm³/mol. The van der Waals surface area contributed by atoms with Crippen LogP contribution in [0.5, 0.6) is 0 Å². The summed E-state index contributed by atoms with van der Waals surface area (Å²) in [5.41, 5.74) is 7.12. The molecule has 2 aromatic rings. The lowest BCUT2D eigenvalue weighted by Crippen LogP contribution is -2.57. The maximum Gasteiger partial charge on any atom is 0.326 e. The Balaban J connectivity index is 1.22. The summed E-state index contributed by atoms with van der Waals surface area (Å²) in [4.78, 5) is 31.2. The van der Waals surface area contributed by atoms with Crippen LogP contribution in [0.4, 0.5) is 0 Å². The number of hydrogen-bond acceptors (Lipinski definition) is 6. The first-order valence-electron chi connectivity index (χ1n) is 10.4. The molecule has 1 amide bonds. The number of halogens is 1. The van der Waals surface area contributed by atoms with E-state index in [1.54, 1.807) is 17.2 Å². The van der Waals surface area contributed by atoms with Gasteiger partial charge in [-0.15, -0.1) is 0 Å². The maximum atomic E-state index is 12.6. The summed E-state index contributed by atoms with van der Waals surface area (Å²) in [5.74, 6) is 4.78. The molecule has 5 unspecified atom stereocenters. The molecule has 2 N–H and O–H groups in total. The van der Waals surface area contributed by atoms with Gasteiger partial charge < -0.3 is 15.2 Å². The summed E-state index contributed by atoms with van der Waals surface area (Å²) in [6, 6.07) is 14.3. The molecule has 6 atom stereocenters. The average Bonchev–Trinajstić information content (AvgIpc) is 3.35. The Morgan fingerprint density at radius 1 is 1.09 bits per heavy atom. The van der Waals surface area contributed by atoms with E-state index in [-0.39, 0.29) is 12.2 Å². The van der Waals surface area contributed by atoms with Gasteiger partial charge in [0.05, 0.1) is 18.6 Å². The van der Waals surface area contributed by atoms with Crippen LogP contribution in [0, 0.1) is 17.8 Å². The first-order chi connectivity index (χ1) is 15.4. The summed E-state index contributed by atoms with van der Waals surface area (Å²) in [6.07, 6.45) is -0.469. The van der Waals surface area contributed by atoms with E-state index in [4.69, 9.17) is 31.6 Å².